The SMILES string of the molecule is CC(C)N(C(=O)c1cc2c(cc1F)nc(N)c1cncn12)[C@@H]1COc2cc(C(F)(F)F)ccc21. The number of nitrogens with two attached hydrogens (primary N) is 1. The molecule has 7 nitrogen and oxygen atoms in total. The molecule has 2 aromatic carbocycles. The molecule has 0 aliphatic carbocycles. The van der Waals surface area contributed by atoms with Gasteiger partial charge in [0.05, 0.1) is 40.7 Å². The van der Waals surface area contributed by atoms with Crippen molar-refractivity contribution in [1.82, 2.24) is 19.3 Å². The average Bonchev–Trinajstić information content (AvgIpc) is 3.40. The van der Waals surface area contributed by atoms with Crippen LogP contribution >= 0.6 is 0 Å². The molecular weight excluding hydrogens is 454 g/mol. The first-order valence-corrected chi connectivity index (χ1v) is 10.4. The fraction of sp³-hybridized carbons (Fsp3) is 0.261. The Kier molecular flexibility index (Phi) is 4.88. The standard InChI is InChI=1S/C23H19F4N5O2/c1-11(2)32(19-9-34-20-5-12(23(25,26)27)3-4-13(19)20)22(33)14-6-17-16(7-15(14)24)30-21(28)18-8-29-10-31(17)18/h3-8,10-11,19H,9H2,1-2H3,(H2,28,30)/t19-/m1/s1. The molecule has 11 heteroatoms. The normalized spacial score (nSPS) is 15.7. The molecule has 5 rings (SSSR count). The second kappa shape index (κ2) is 7.57. The Morgan fingerprint density at radius 1 is 1.24 bits per heavy atom. The number of imidazole rings is 1. The predicted octanol–water partition coefficient (Wildman–Crippen LogP) is 4.61. The molecule has 1 atom stereocenters. The summed E-state index contributed by atoms with van der Waals surface area (Å²) in [6.07, 6.45) is -1.52. The summed E-state index contributed by atoms with van der Waals surface area (Å²) < 4.78 is 61.5. The fourth-order valence-corrected chi connectivity index (χ4v) is 4.34. The van der Waals surface area contributed by atoms with Crippen LogP contribution in [0.5, 0.6) is 5.75 Å². The van der Waals surface area contributed by atoms with Gasteiger partial charge < -0.3 is 15.4 Å². The van der Waals surface area contributed by atoms with E-state index in [-0.39, 0.29) is 29.3 Å². The minimum absolute atomic E-state index is 0.0420. The number of fused-ring (bicyclic) bond motifs is 4. The van der Waals surface area contributed by atoms with Gasteiger partial charge in [0.2, 0.25) is 0 Å². The topological polar surface area (TPSA) is 85.8 Å². The lowest BCUT2D eigenvalue weighted by atomic mass is 10.0. The number of benzene rings is 2. The second-order valence-corrected chi connectivity index (χ2v) is 8.35. The van der Waals surface area contributed by atoms with Crippen molar-refractivity contribution in [2.24, 2.45) is 0 Å². The summed E-state index contributed by atoms with van der Waals surface area (Å²) >= 11 is 0. The Morgan fingerprint density at radius 2 is 2.00 bits per heavy atom. The van der Waals surface area contributed by atoms with Crippen molar-refractivity contribution in [1.29, 1.82) is 0 Å². The molecule has 2 aromatic heterocycles. The van der Waals surface area contributed by atoms with Gasteiger partial charge in [-0.2, -0.15) is 13.2 Å². The lowest BCUT2D eigenvalue weighted by Gasteiger charge is -2.32. The van der Waals surface area contributed by atoms with Gasteiger partial charge in [-0.25, -0.2) is 14.4 Å². The van der Waals surface area contributed by atoms with E-state index >= 15 is 4.39 Å². The number of halogens is 4. The summed E-state index contributed by atoms with van der Waals surface area (Å²) in [4.78, 5) is 23.2. The van der Waals surface area contributed by atoms with Crippen LogP contribution in [-0.2, 0) is 6.18 Å². The van der Waals surface area contributed by atoms with Gasteiger partial charge in [0, 0.05) is 17.7 Å². The van der Waals surface area contributed by atoms with Crippen molar-refractivity contribution in [3.8, 4) is 5.75 Å². The number of rotatable bonds is 3. The fourth-order valence-electron chi connectivity index (χ4n) is 4.34. The maximum absolute atomic E-state index is 15.1. The first-order chi connectivity index (χ1) is 16.1. The predicted molar refractivity (Wildman–Crippen MR) is 116 cm³/mol. The number of carbonyl (C=O) groups is 1. The van der Waals surface area contributed by atoms with Crippen molar-refractivity contribution in [2.45, 2.75) is 32.1 Å². The first kappa shape index (κ1) is 21.9. The van der Waals surface area contributed by atoms with Gasteiger partial charge in [-0.05, 0) is 32.0 Å². The Bertz CT molecular complexity index is 1450. The lowest BCUT2D eigenvalue weighted by molar-refractivity contribution is -0.137. The van der Waals surface area contributed by atoms with E-state index < -0.39 is 35.5 Å². The van der Waals surface area contributed by atoms with E-state index in [1.807, 2.05) is 0 Å². The molecule has 176 valence electrons. The zero-order valence-corrected chi connectivity index (χ0v) is 18.1. The summed E-state index contributed by atoms with van der Waals surface area (Å²) in [5.74, 6) is -1.19. The number of hydrogen-bond acceptors (Lipinski definition) is 5. The summed E-state index contributed by atoms with van der Waals surface area (Å²) in [7, 11) is 0. The van der Waals surface area contributed by atoms with Crippen LogP contribution in [0.2, 0.25) is 0 Å². The molecule has 34 heavy (non-hydrogen) atoms. The zero-order chi connectivity index (χ0) is 24.4. The van der Waals surface area contributed by atoms with Crippen LogP contribution in [0, 0.1) is 5.82 Å². The third-order valence-electron chi connectivity index (χ3n) is 5.92. The van der Waals surface area contributed by atoms with Gasteiger partial charge in [-0.3, -0.25) is 9.20 Å². The van der Waals surface area contributed by atoms with Crippen LogP contribution < -0.4 is 10.5 Å². The van der Waals surface area contributed by atoms with E-state index in [1.165, 1.54) is 29.6 Å². The van der Waals surface area contributed by atoms with Crippen LogP contribution in [0.15, 0.2) is 42.9 Å². The number of alkyl halides is 3. The highest BCUT2D eigenvalue weighted by Gasteiger charge is 2.38. The molecule has 1 aliphatic rings. The molecule has 0 saturated heterocycles. The van der Waals surface area contributed by atoms with Gasteiger partial charge in [-0.15, -0.1) is 0 Å². The first-order valence-electron chi connectivity index (χ1n) is 10.4. The van der Waals surface area contributed by atoms with Crippen molar-refractivity contribution in [2.75, 3.05) is 12.3 Å². The van der Waals surface area contributed by atoms with Crippen molar-refractivity contribution < 1.29 is 27.1 Å². The molecular formula is C23H19F4N5O2. The van der Waals surface area contributed by atoms with E-state index in [0.717, 1.165) is 18.2 Å². The lowest BCUT2D eigenvalue weighted by Crippen LogP contribution is -2.41. The molecule has 0 fully saturated rings. The number of nitrogen functional groups attached to an aromatic ring is 1. The van der Waals surface area contributed by atoms with Gasteiger partial charge in [-0.1, -0.05) is 6.07 Å². The monoisotopic (exact) mass is 473 g/mol. The minimum atomic E-state index is -4.52. The number of ether oxygens (including phenoxy) is 1. The number of aromatic nitrogens is 3. The van der Waals surface area contributed by atoms with Crippen LogP contribution in [0.4, 0.5) is 23.4 Å². The number of carbonyl (C=O) groups excluding carboxylic acids is 1. The van der Waals surface area contributed by atoms with Crippen molar-refractivity contribution in [3.05, 3.63) is 65.4 Å². The van der Waals surface area contributed by atoms with Crippen molar-refractivity contribution in [3.63, 3.8) is 0 Å². The number of hydrogen-bond donors (Lipinski definition) is 1. The summed E-state index contributed by atoms with van der Waals surface area (Å²) in [6.45, 7) is 3.45. The smallest absolute Gasteiger partial charge is 0.416 e. The molecule has 2 N–H and O–H groups in total. The summed E-state index contributed by atoms with van der Waals surface area (Å²) in [6, 6.07) is 4.60. The molecule has 1 amide bonds. The van der Waals surface area contributed by atoms with Crippen molar-refractivity contribution >= 4 is 28.3 Å². The van der Waals surface area contributed by atoms with Crippen LogP contribution in [0.25, 0.3) is 16.6 Å². The maximum Gasteiger partial charge on any atom is 0.416 e. The van der Waals surface area contributed by atoms with Gasteiger partial charge in [0.25, 0.3) is 5.91 Å². The molecule has 0 bridgehead atoms. The Labute approximate surface area is 190 Å². The number of amides is 1. The quantitative estimate of drug-likeness (QED) is 0.440. The van der Waals surface area contributed by atoms with E-state index in [2.05, 4.69) is 9.97 Å². The highest BCUT2D eigenvalue weighted by atomic mass is 19.4. The van der Waals surface area contributed by atoms with Crippen LogP contribution in [-0.4, -0.2) is 37.8 Å². The summed E-state index contributed by atoms with van der Waals surface area (Å²) in [5.41, 5.74) is 6.50. The molecule has 0 saturated carbocycles. The molecule has 4 aromatic rings. The highest BCUT2D eigenvalue weighted by molar-refractivity contribution is 5.99. The highest BCUT2D eigenvalue weighted by Crippen LogP contribution is 2.41. The summed E-state index contributed by atoms with van der Waals surface area (Å²) in [5, 5.41) is 0. The largest absolute Gasteiger partial charge is 0.491 e. The number of nitrogens with zero attached hydrogens (tertiary/aromatic N) is 4. The molecule has 1 aliphatic heterocycles. The maximum atomic E-state index is 15.1. The molecule has 0 spiro atoms. The van der Waals surface area contributed by atoms with Crippen LogP contribution in [0.1, 0.15) is 41.4 Å². The zero-order valence-electron chi connectivity index (χ0n) is 18.1. The molecule has 0 radical (unpaired) electrons. The third-order valence-corrected chi connectivity index (χ3v) is 5.92. The number of anilines is 1. The minimum Gasteiger partial charge on any atom is -0.491 e. The van der Waals surface area contributed by atoms with E-state index in [0.29, 0.717) is 16.6 Å². The Morgan fingerprint density at radius 3 is 2.71 bits per heavy atom. The second-order valence-electron chi connectivity index (χ2n) is 8.35. The molecule has 0 unspecified atom stereocenters. The third kappa shape index (κ3) is 3.39. The van der Waals surface area contributed by atoms with Gasteiger partial charge >= 0.3 is 6.18 Å². The Hall–Kier alpha value is -3.89. The van der Waals surface area contributed by atoms with E-state index in [9.17, 15) is 18.0 Å². The van der Waals surface area contributed by atoms with Gasteiger partial charge in [0.15, 0.2) is 0 Å². The van der Waals surface area contributed by atoms with E-state index in [1.54, 1.807) is 18.2 Å². The van der Waals surface area contributed by atoms with E-state index in [4.69, 9.17) is 10.5 Å². The Balaban J connectivity index is 1.58. The average molecular weight is 473 g/mol. The van der Waals surface area contributed by atoms with Crippen LogP contribution in [0.3, 0.4) is 0 Å². The molecule has 3 heterocycles. The van der Waals surface area contributed by atoms with Gasteiger partial charge in [0.1, 0.15) is 29.5 Å².